The van der Waals surface area contributed by atoms with E-state index in [2.05, 4.69) is 5.32 Å². The van der Waals surface area contributed by atoms with Crippen LogP contribution in [0.1, 0.15) is 48.8 Å². The van der Waals surface area contributed by atoms with Crippen LogP contribution in [0.2, 0.25) is 0 Å². The Morgan fingerprint density at radius 3 is 2.19 bits per heavy atom. The zero-order valence-electron chi connectivity index (χ0n) is 21.4. The highest BCUT2D eigenvalue weighted by molar-refractivity contribution is 5.89. The van der Waals surface area contributed by atoms with Crippen LogP contribution in [0.4, 0.5) is 4.39 Å². The fourth-order valence-electron chi connectivity index (χ4n) is 4.90. The molecule has 37 heavy (non-hydrogen) atoms. The molecule has 0 radical (unpaired) electrons. The number of carbonyl (C=O) groups excluding carboxylic acids is 2. The molecule has 1 N–H and O–H groups in total. The lowest BCUT2D eigenvalue weighted by atomic mass is 9.94. The van der Waals surface area contributed by atoms with Crippen molar-refractivity contribution in [1.82, 2.24) is 10.2 Å². The van der Waals surface area contributed by atoms with Crippen molar-refractivity contribution >= 4 is 11.8 Å². The van der Waals surface area contributed by atoms with E-state index in [1.807, 2.05) is 54.6 Å². The second-order valence-corrected chi connectivity index (χ2v) is 9.72. The predicted molar refractivity (Wildman–Crippen MR) is 143 cm³/mol. The lowest BCUT2D eigenvalue weighted by molar-refractivity contribution is -0.141. The molecular weight excluding hydrogens is 467 g/mol. The average Bonchev–Trinajstić information content (AvgIpc) is 2.93. The molecule has 194 valence electrons. The van der Waals surface area contributed by atoms with Crippen LogP contribution in [0, 0.1) is 5.82 Å². The van der Waals surface area contributed by atoms with E-state index in [9.17, 15) is 14.0 Å². The summed E-state index contributed by atoms with van der Waals surface area (Å²) < 4.78 is 18.9. The number of hydrogen-bond acceptors (Lipinski definition) is 3. The quantitative estimate of drug-likeness (QED) is 0.400. The van der Waals surface area contributed by atoms with Gasteiger partial charge in [-0.2, -0.15) is 0 Å². The second-order valence-electron chi connectivity index (χ2n) is 9.72. The van der Waals surface area contributed by atoms with Crippen molar-refractivity contribution in [2.75, 3.05) is 7.11 Å². The number of carbonyl (C=O) groups is 2. The smallest absolute Gasteiger partial charge is 0.243 e. The van der Waals surface area contributed by atoms with Crippen molar-refractivity contribution in [3.8, 4) is 5.75 Å². The summed E-state index contributed by atoms with van der Waals surface area (Å²) >= 11 is 0. The molecule has 0 unspecified atom stereocenters. The van der Waals surface area contributed by atoms with E-state index in [0.717, 1.165) is 42.4 Å². The molecule has 1 aliphatic carbocycles. The zero-order valence-corrected chi connectivity index (χ0v) is 21.4. The standard InChI is InChI=1S/C31H35FN2O3/c1-37-28-18-14-24(15-19-28)21-30(35)34(22-25-12-16-26(32)17-13-25)29(20-23-8-4-2-5-9-23)31(36)33-27-10-6-3-7-11-27/h2,4-5,8-9,12-19,27,29H,3,6-7,10-11,20-22H2,1H3,(H,33,36)/t29-/m1/s1. The van der Waals surface area contributed by atoms with Crippen LogP contribution in [-0.2, 0) is 29.0 Å². The third-order valence-corrected chi connectivity index (χ3v) is 7.00. The normalized spacial score (nSPS) is 14.5. The summed E-state index contributed by atoms with van der Waals surface area (Å²) in [5.74, 6) is 0.0825. The van der Waals surface area contributed by atoms with Crippen LogP contribution in [0.3, 0.4) is 0 Å². The van der Waals surface area contributed by atoms with Gasteiger partial charge in [0, 0.05) is 19.0 Å². The molecule has 0 saturated heterocycles. The van der Waals surface area contributed by atoms with Crippen LogP contribution < -0.4 is 10.1 Å². The maximum atomic E-state index is 13.8. The maximum Gasteiger partial charge on any atom is 0.243 e. The van der Waals surface area contributed by atoms with E-state index >= 15 is 0 Å². The summed E-state index contributed by atoms with van der Waals surface area (Å²) in [4.78, 5) is 29.2. The maximum absolute atomic E-state index is 13.8. The number of nitrogens with zero attached hydrogens (tertiary/aromatic N) is 1. The summed E-state index contributed by atoms with van der Waals surface area (Å²) in [6.45, 7) is 0.213. The van der Waals surface area contributed by atoms with Crippen molar-refractivity contribution in [3.63, 3.8) is 0 Å². The first-order valence-electron chi connectivity index (χ1n) is 13.0. The number of methoxy groups -OCH3 is 1. The average molecular weight is 503 g/mol. The molecule has 5 nitrogen and oxygen atoms in total. The summed E-state index contributed by atoms with van der Waals surface area (Å²) in [7, 11) is 1.60. The number of amides is 2. The van der Waals surface area contributed by atoms with Gasteiger partial charge in [-0.25, -0.2) is 4.39 Å². The van der Waals surface area contributed by atoms with E-state index in [-0.39, 0.29) is 36.6 Å². The Bertz CT molecular complexity index is 1140. The van der Waals surface area contributed by atoms with Gasteiger partial charge >= 0.3 is 0 Å². The molecule has 1 atom stereocenters. The number of hydrogen-bond donors (Lipinski definition) is 1. The SMILES string of the molecule is COc1ccc(CC(=O)N(Cc2ccc(F)cc2)[C@H](Cc2ccccc2)C(=O)NC2CCCCC2)cc1. The molecule has 0 spiro atoms. The first-order chi connectivity index (χ1) is 18.0. The van der Waals surface area contributed by atoms with Crippen molar-refractivity contribution in [3.05, 3.63) is 101 Å². The van der Waals surface area contributed by atoms with Gasteiger partial charge < -0.3 is 15.0 Å². The molecular formula is C31H35FN2O3. The summed E-state index contributed by atoms with van der Waals surface area (Å²) in [6.07, 6.45) is 5.86. The molecule has 0 aromatic heterocycles. The Hall–Kier alpha value is -3.67. The van der Waals surface area contributed by atoms with E-state index < -0.39 is 6.04 Å². The molecule has 1 fully saturated rings. The fourth-order valence-corrected chi connectivity index (χ4v) is 4.90. The first kappa shape index (κ1) is 26.4. The van der Waals surface area contributed by atoms with Gasteiger partial charge in [-0.15, -0.1) is 0 Å². The van der Waals surface area contributed by atoms with Gasteiger partial charge in [0.15, 0.2) is 0 Å². The minimum atomic E-state index is -0.694. The highest BCUT2D eigenvalue weighted by Gasteiger charge is 2.32. The molecule has 2 amide bonds. The van der Waals surface area contributed by atoms with Gasteiger partial charge in [0.25, 0.3) is 0 Å². The van der Waals surface area contributed by atoms with Crippen LogP contribution in [-0.4, -0.2) is 35.9 Å². The van der Waals surface area contributed by atoms with E-state index in [0.29, 0.717) is 12.2 Å². The van der Waals surface area contributed by atoms with Gasteiger partial charge in [-0.3, -0.25) is 9.59 Å². The van der Waals surface area contributed by atoms with E-state index in [1.165, 1.54) is 18.6 Å². The Morgan fingerprint density at radius 2 is 1.54 bits per heavy atom. The lowest BCUT2D eigenvalue weighted by Gasteiger charge is -2.33. The van der Waals surface area contributed by atoms with Crippen LogP contribution >= 0.6 is 0 Å². The van der Waals surface area contributed by atoms with Gasteiger partial charge in [-0.05, 0) is 53.8 Å². The summed E-state index contributed by atoms with van der Waals surface area (Å²) in [5, 5.41) is 3.24. The molecule has 0 aliphatic heterocycles. The third kappa shape index (κ3) is 7.66. The van der Waals surface area contributed by atoms with Crippen LogP contribution in [0.25, 0.3) is 0 Å². The molecule has 6 heteroatoms. The van der Waals surface area contributed by atoms with E-state index in [4.69, 9.17) is 4.74 Å². The highest BCUT2D eigenvalue weighted by atomic mass is 19.1. The Morgan fingerprint density at radius 1 is 0.892 bits per heavy atom. The lowest BCUT2D eigenvalue weighted by Crippen LogP contribution is -2.53. The van der Waals surface area contributed by atoms with Gasteiger partial charge in [0.1, 0.15) is 17.6 Å². The monoisotopic (exact) mass is 502 g/mol. The highest BCUT2D eigenvalue weighted by Crippen LogP contribution is 2.21. The minimum Gasteiger partial charge on any atom is -0.497 e. The molecule has 0 bridgehead atoms. The van der Waals surface area contributed by atoms with Crippen molar-refractivity contribution in [2.24, 2.45) is 0 Å². The molecule has 3 aromatic rings. The molecule has 3 aromatic carbocycles. The van der Waals surface area contributed by atoms with Gasteiger partial charge in [-0.1, -0.05) is 73.9 Å². The minimum absolute atomic E-state index is 0.129. The van der Waals surface area contributed by atoms with E-state index in [1.54, 1.807) is 24.1 Å². The number of ether oxygens (including phenoxy) is 1. The fraction of sp³-hybridized carbons (Fsp3) is 0.355. The summed E-state index contributed by atoms with van der Waals surface area (Å²) in [6, 6.07) is 22.7. The van der Waals surface area contributed by atoms with Crippen molar-refractivity contribution in [2.45, 2.75) is 63.6 Å². The Balaban J connectivity index is 1.63. The Kier molecular flexibility index (Phi) is 9.30. The number of benzene rings is 3. The van der Waals surface area contributed by atoms with Crippen LogP contribution in [0.15, 0.2) is 78.9 Å². The number of halogens is 1. The zero-order chi connectivity index (χ0) is 26.0. The topological polar surface area (TPSA) is 58.6 Å². The first-order valence-corrected chi connectivity index (χ1v) is 13.0. The second kappa shape index (κ2) is 13.0. The number of rotatable bonds is 10. The predicted octanol–water partition coefficient (Wildman–Crippen LogP) is 5.47. The third-order valence-electron chi connectivity index (χ3n) is 7.00. The molecule has 1 saturated carbocycles. The largest absolute Gasteiger partial charge is 0.497 e. The molecule has 1 aliphatic rings. The molecule has 0 heterocycles. The molecule has 4 rings (SSSR count). The Labute approximate surface area is 218 Å². The van der Waals surface area contributed by atoms with Crippen molar-refractivity contribution in [1.29, 1.82) is 0 Å². The van der Waals surface area contributed by atoms with Gasteiger partial charge in [0.05, 0.1) is 13.5 Å². The summed E-state index contributed by atoms with van der Waals surface area (Å²) in [5.41, 5.74) is 2.58. The number of nitrogens with one attached hydrogen (secondary N) is 1. The van der Waals surface area contributed by atoms with Gasteiger partial charge in [0.2, 0.25) is 11.8 Å². The van der Waals surface area contributed by atoms with Crippen molar-refractivity contribution < 1.29 is 18.7 Å². The van der Waals surface area contributed by atoms with Crippen LogP contribution in [0.5, 0.6) is 5.75 Å².